The molecule has 0 aromatic heterocycles. The molecular weight excluding hydrogens is 188 g/mol. The fourth-order valence-electron chi connectivity index (χ4n) is 1.46. The van der Waals surface area contributed by atoms with Gasteiger partial charge in [0.1, 0.15) is 0 Å². The van der Waals surface area contributed by atoms with Gasteiger partial charge in [0.05, 0.1) is 0 Å². The number of carbonyl (C=O) groups is 1. The van der Waals surface area contributed by atoms with Gasteiger partial charge in [-0.3, -0.25) is 4.79 Å². The molecule has 1 amide bonds. The van der Waals surface area contributed by atoms with Gasteiger partial charge in [0.2, 0.25) is 5.91 Å². The zero-order chi connectivity index (χ0) is 11.8. The van der Waals surface area contributed by atoms with Crippen LogP contribution in [0.3, 0.4) is 0 Å². The molecule has 0 spiro atoms. The Bertz CT molecular complexity index is 180. The highest BCUT2D eigenvalue weighted by molar-refractivity contribution is 5.76. The Labute approximate surface area is 93.8 Å². The molecule has 2 unspecified atom stereocenters. The minimum Gasteiger partial charge on any atom is -0.353 e. The average Bonchev–Trinajstić information content (AvgIpc) is 2.16. The Kier molecular flexibility index (Phi) is 7.39. The highest BCUT2D eigenvalue weighted by atomic mass is 16.1. The molecule has 0 saturated heterocycles. The third-order valence-electron chi connectivity index (χ3n) is 2.77. The van der Waals surface area contributed by atoms with Crippen LogP contribution in [0.25, 0.3) is 0 Å². The maximum Gasteiger partial charge on any atom is 0.221 e. The van der Waals surface area contributed by atoms with Gasteiger partial charge < -0.3 is 11.1 Å². The van der Waals surface area contributed by atoms with Crippen LogP contribution in [0.1, 0.15) is 53.4 Å². The fraction of sp³-hybridized carbons (Fsp3) is 0.917. The number of nitrogens with two attached hydrogens (primary N) is 1. The van der Waals surface area contributed by atoms with Gasteiger partial charge in [-0.2, -0.15) is 0 Å². The summed E-state index contributed by atoms with van der Waals surface area (Å²) in [5.74, 6) is 0.457. The number of hydrogen-bond donors (Lipinski definition) is 2. The van der Waals surface area contributed by atoms with Gasteiger partial charge in [0.25, 0.3) is 0 Å². The van der Waals surface area contributed by atoms with Crippen molar-refractivity contribution in [2.75, 3.05) is 0 Å². The second kappa shape index (κ2) is 7.69. The van der Waals surface area contributed by atoms with Crippen LogP contribution >= 0.6 is 0 Å². The molecule has 0 rings (SSSR count). The Morgan fingerprint density at radius 3 is 2.33 bits per heavy atom. The minimum atomic E-state index is -0.0240. The van der Waals surface area contributed by atoms with E-state index in [9.17, 15) is 4.79 Å². The monoisotopic (exact) mass is 214 g/mol. The fourth-order valence-corrected chi connectivity index (χ4v) is 1.46. The van der Waals surface area contributed by atoms with Crippen molar-refractivity contribution in [3.63, 3.8) is 0 Å². The number of carbonyl (C=O) groups excluding carboxylic acids is 1. The molecule has 3 nitrogen and oxygen atoms in total. The Morgan fingerprint density at radius 2 is 1.93 bits per heavy atom. The molecule has 2 atom stereocenters. The predicted octanol–water partition coefficient (Wildman–Crippen LogP) is 2.05. The molecule has 3 N–H and O–H groups in total. The minimum absolute atomic E-state index is 0.0240. The standard InChI is InChI=1S/C12H26N2O/c1-5-7-10(6-2)14-12(15)8-11(13)9(3)4/h9-11H,5-8,13H2,1-4H3,(H,14,15). The van der Waals surface area contributed by atoms with E-state index in [-0.39, 0.29) is 11.9 Å². The van der Waals surface area contributed by atoms with Crippen LogP contribution in [0.2, 0.25) is 0 Å². The summed E-state index contributed by atoms with van der Waals surface area (Å²) < 4.78 is 0. The molecular formula is C12H26N2O. The summed E-state index contributed by atoms with van der Waals surface area (Å²) in [6.45, 7) is 8.32. The summed E-state index contributed by atoms with van der Waals surface area (Å²) >= 11 is 0. The van der Waals surface area contributed by atoms with Crippen LogP contribution in [0.4, 0.5) is 0 Å². The zero-order valence-electron chi connectivity index (χ0n) is 10.5. The van der Waals surface area contributed by atoms with Crippen molar-refractivity contribution in [2.45, 2.75) is 65.5 Å². The first-order valence-corrected chi connectivity index (χ1v) is 6.06. The molecule has 0 aromatic rings. The van der Waals surface area contributed by atoms with Crippen molar-refractivity contribution in [3.8, 4) is 0 Å². The predicted molar refractivity (Wildman–Crippen MR) is 64.6 cm³/mol. The molecule has 0 aromatic carbocycles. The van der Waals surface area contributed by atoms with Gasteiger partial charge >= 0.3 is 0 Å². The van der Waals surface area contributed by atoms with E-state index in [4.69, 9.17) is 5.73 Å². The lowest BCUT2D eigenvalue weighted by molar-refractivity contribution is -0.122. The molecule has 0 heterocycles. The summed E-state index contributed by atoms with van der Waals surface area (Å²) in [5, 5.41) is 3.03. The van der Waals surface area contributed by atoms with Crippen LogP contribution in [0.5, 0.6) is 0 Å². The first-order chi connectivity index (χ1) is 7.01. The first-order valence-electron chi connectivity index (χ1n) is 6.06. The quantitative estimate of drug-likeness (QED) is 0.681. The molecule has 90 valence electrons. The third kappa shape index (κ3) is 6.50. The van der Waals surface area contributed by atoms with Crippen molar-refractivity contribution < 1.29 is 4.79 Å². The summed E-state index contributed by atoms with van der Waals surface area (Å²) in [5.41, 5.74) is 5.85. The van der Waals surface area contributed by atoms with Crippen LogP contribution in [-0.4, -0.2) is 18.0 Å². The smallest absolute Gasteiger partial charge is 0.221 e. The molecule has 0 bridgehead atoms. The molecule has 0 aliphatic carbocycles. The van der Waals surface area contributed by atoms with Crippen molar-refractivity contribution in [1.82, 2.24) is 5.32 Å². The summed E-state index contributed by atoms with van der Waals surface area (Å²) in [4.78, 5) is 11.6. The maximum absolute atomic E-state index is 11.6. The highest BCUT2D eigenvalue weighted by Crippen LogP contribution is 2.05. The zero-order valence-corrected chi connectivity index (χ0v) is 10.5. The molecule has 0 aliphatic rings. The Morgan fingerprint density at radius 1 is 1.33 bits per heavy atom. The van der Waals surface area contributed by atoms with E-state index in [2.05, 4.69) is 19.2 Å². The SMILES string of the molecule is CCCC(CC)NC(=O)CC(N)C(C)C. The van der Waals surface area contributed by atoms with E-state index in [1.54, 1.807) is 0 Å². The topological polar surface area (TPSA) is 55.1 Å². The van der Waals surface area contributed by atoms with Crippen LogP contribution in [0, 0.1) is 5.92 Å². The molecule has 0 radical (unpaired) electrons. The Hall–Kier alpha value is -0.570. The van der Waals surface area contributed by atoms with Crippen LogP contribution < -0.4 is 11.1 Å². The number of rotatable bonds is 7. The first kappa shape index (κ1) is 14.4. The summed E-state index contributed by atoms with van der Waals surface area (Å²) in [6.07, 6.45) is 3.60. The second-order valence-electron chi connectivity index (χ2n) is 4.57. The van der Waals surface area contributed by atoms with Crippen LogP contribution in [0.15, 0.2) is 0 Å². The van der Waals surface area contributed by atoms with E-state index in [0.29, 0.717) is 18.4 Å². The second-order valence-corrected chi connectivity index (χ2v) is 4.57. The molecule has 0 aliphatic heterocycles. The van der Waals surface area contributed by atoms with Gasteiger partial charge in [0, 0.05) is 18.5 Å². The van der Waals surface area contributed by atoms with E-state index >= 15 is 0 Å². The largest absolute Gasteiger partial charge is 0.353 e. The maximum atomic E-state index is 11.6. The lowest BCUT2D eigenvalue weighted by Gasteiger charge is -2.19. The van der Waals surface area contributed by atoms with Crippen molar-refractivity contribution in [3.05, 3.63) is 0 Å². The number of hydrogen-bond acceptors (Lipinski definition) is 2. The van der Waals surface area contributed by atoms with E-state index in [1.807, 2.05) is 13.8 Å². The van der Waals surface area contributed by atoms with E-state index < -0.39 is 0 Å². The van der Waals surface area contributed by atoms with E-state index in [0.717, 1.165) is 19.3 Å². The lowest BCUT2D eigenvalue weighted by atomic mass is 10.0. The summed E-state index contributed by atoms with van der Waals surface area (Å²) in [7, 11) is 0. The van der Waals surface area contributed by atoms with Crippen molar-refractivity contribution >= 4 is 5.91 Å². The molecule has 3 heteroatoms. The average molecular weight is 214 g/mol. The third-order valence-corrected chi connectivity index (χ3v) is 2.77. The van der Waals surface area contributed by atoms with Gasteiger partial charge in [-0.25, -0.2) is 0 Å². The number of amides is 1. The van der Waals surface area contributed by atoms with Gasteiger partial charge in [0.15, 0.2) is 0 Å². The van der Waals surface area contributed by atoms with Crippen molar-refractivity contribution in [1.29, 1.82) is 0 Å². The molecule has 0 fully saturated rings. The van der Waals surface area contributed by atoms with Crippen LogP contribution in [-0.2, 0) is 4.79 Å². The molecule has 0 saturated carbocycles. The van der Waals surface area contributed by atoms with Gasteiger partial charge in [-0.1, -0.05) is 34.1 Å². The van der Waals surface area contributed by atoms with Crippen molar-refractivity contribution in [2.24, 2.45) is 11.7 Å². The normalized spacial score (nSPS) is 15.1. The highest BCUT2D eigenvalue weighted by Gasteiger charge is 2.15. The van der Waals surface area contributed by atoms with E-state index in [1.165, 1.54) is 0 Å². The molecule has 15 heavy (non-hydrogen) atoms. The summed E-state index contributed by atoms with van der Waals surface area (Å²) in [6, 6.07) is 0.297. The van der Waals surface area contributed by atoms with Gasteiger partial charge in [-0.15, -0.1) is 0 Å². The lowest BCUT2D eigenvalue weighted by Crippen LogP contribution is -2.39. The number of nitrogens with one attached hydrogen (secondary N) is 1. The van der Waals surface area contributed by atoms with Gasteiger partial charge in [-0.05, 0) is 18.8 Å². The Balaban J connectivity index is 3.90.